The van der Waals surface area contributed by atoms with Crippen molar-refractivity contribution < 1.29 is 4.74 Å². The molecule has 0 saturated carbocycles. The Balaban J connectivity index is 2.32. The van der Waals surface area contributed by atoms with Gasteiger partial charge in [0.2, 0.25) is 0 Å². The Morgan fingerprint density at radius 3 is 2.76 bits per heavy atom. The van der Waals surface area contributed by atoms with Gasteiger partial charge in [-0.25, -0.2) is 0 Å². The molecule has 1 aliphatic heterocycles. The molecule has 0 aliphatic carbocycles. The molecule has 2 rings (SSSR count). The summed E-state index contributed by atoms with van der Waals surface area (Å²) in [6, 6.07) is 9.12. The third-order valence-electron chi connectivity index (χ3n) is 4.40. The minimum atomic E-state index is 0.289. The van der Waals surface area contributed by atoms with Gasteiger partial charge in [-0.3, -0.25) is 0 Å². The molecular formula is C17H29N3O. The van der Waals surface area contributed by atoms with E-state index < -0.39 is 0 Å². The summed E-state index contributed by atoms with van der Waals surface area (Å²) in [5, 5.41) is 3.67. The third kappa shape index (κ3) is 3.96. The molecule has 1 heterocycles. The molecule has 0 radical (unpaired) electrons. The SMILES string of the molecule is CCNC(c1ccccc1OC)C1CN(C)CCCN1C. The van der Waals surface area contributed by atoms with E-state index in [1.54, 1.807) is 7.11 Å². The number of ether oxygens (including phenoxy) is 1. The highest BCUT2D eigenvalue weighted by Gasteiger charge is 2.30. The first-order valence-electron chi connectivity index (χ1n) is 7.92. The molecule has 0 bridgehead atoms. The van der Waals surface area contributed by atoms with Gasteiger partial charge in [0.05, 0.1) is 13.2 Å². The molecule has 1 fully saturated rings. The Bertz CT molecular complexity index is 438. The molecule has 4 nitrogen and oxygen atoms in total. The van der Waals surface area contributed by atoms with Crippen LogP contribution in [0.2, 0.25) is 0 Å². The van der Waals surface area contributed by atoms with Crippen molar-refractivity contribution in [2.75, 3.05) is 47.4 Å². The minimum absolute atomic E-state index is 0.289. The third-order valence-corrected chi connectivity index (χ3v) is 4.40. The van der Waals surface area contributed by atoms with Gasteiger partial charge in [-0.05, 0) is 46.2 Å². The van der Waals surface area contributed by atoms with Crippen LogP contribution in [0.1, 0.15) is 24.9 Å². The average Bonchev–Trinajstić information content (AvgIpc) is 2.66. The minimum Gasteiger partial charge on any atom is -0.496 e. The van der Waals surface area contributed by atoms with Gasteiger partial charge in [0.15, 0.2) is 0 Å². The fourth-order valence-electron chi connectivity index (χ4n) is 3.26. The predicted molar refractivity (Wildman–Crippen MR) is 87.9 cm³/mol. The second kappa shape index (κ2) is 7.78. The monoisotopic (exact) mass is 291 g/mol. The summed E-state index contributed by atoms with van der Waals surface area (Å²) in [7, 11) is 6.21. The van der Waals surface area contributed by atoms with Crippen LogP contribution in [0.4, 0.5) is 0 Å². The normalized spacial score (nSPS) is 22.8. The van der Waals surface area contributed by atoms with E-state index in [0.29, 0.717) is 6.04 Å². The van der Waals surface area contributed by atoms with E-state index in [-0.39, 0.29) is 6.04 Å². The van der Waals surface area contributed by atoms with E-state index in [1.165, 1.54) is 18.5 Å². The Morgan fingerprint density at radius 1 is 1.29 bits per heavy atom. The van der Waals surface area contributed by atoms with Crippen LogP contribution in [0.15, 0.2) is 24.3 Å². The second-order valence-electron chi connectivity index (χ2n) is 5.94. The topological polar surface area (TPSA) is 27.7 Å². The highest BCUT2D eigenvalue weighted by Crippen LogP contribution is 2.30. The number of benzene rings is 1. The summed E-state index contributed by atoms with van der Waals surface area (Å²) >= 11 is 0. The van der Waals surface area contributed by atoms with Crippen LogP contribution in [0.3, 0.4) is 0 Å². The second-order valence-corrected chi connectivity index (χ2v) is 5.94. The summed E-state index contributed by atoms with van der Waals surface area (Å²) in [6.45, 7) is 6.52. The van der Waals surface area contributed by atoms with E-state index in [4.69, 9.17) is 4.74 Å². The van der Waals surface area contributed by atoms with E-state index in [9.17, 15) is 0 Å². The Hall–Kier alpha value is -1.10. The van der Waals surface area contributed by atoms with Crippen molar-refractivity contribution in [1.29, 1.82) is 0 Å². The zero-order valence-corrected chi connectivity index (χ0v) is 13.8. The molecule has 21 heavy (non-hydrogen) atoms. The molecule has 1 aromatic rings. The van der Waals surface area contributed by atoms with Crippen molar-refractivity contribution in [2.45, 2.75) is 25.4 Å². The molecular weight excluding hydrogens is 262 g/mol. The van der Waals surface area contributed by atoms with Gasteiger partial charge < -0.3 is 19.9 Å². The van der Waals surface area contributed by atoms with Crippen LogP contribution in [0, 0.1) is 0 Å². The zero-order chi connectivity index (χ0) is 15.2. The summed E-state index contributed by atoms with van der Waals surface area (Å²) in [5.41, 5.74) is 1.26. The van der Waals surface area contributed by atoms with Crippen LogP contribution in [0.5, 0.6) is 5.75 Å². The van der Waals surface area contributed by atoms with Crippen LogP contribution in [-0.4, -0.2) is 63.2 Å². The lowest BCUT2D eigenvalue weighted by Gasteiger charge is -2.35. The number of methoxy groups -OCH3 is 1. The van der Waals surface area contributed by atoms with E-state index >= 15 is 0 Å². The molecule has 0 aromatic heterocycles. The Kier molecular flexibility index (Phi) is 6.03. The first-order valence-corrected chi connectivity index (χ1v) is 7.92. The van der Waals surface area contributed by atoms with Crippen LogP contribution < -0.4 is 10.1 Å². The van der Waals surface area contributed by atoms with Gasteiger partial charge in [-0.1, -0.05) is 25.1 Å². The quantitative estimate of drug-likeness (QED) is 0.898. The van der Waals surface area contributed by atoms with Gasteiger partial charge in [-0.2, -0.15) is 0 Å². The predicted octanol–water partition coefficient (Wildman–Crippen LogP) is 1.98. The lowest BCUT2D eigenvalue weighted by Crippen LogP contribution is -2.47. The maximum atomic E-state index is 5.58. The summed E-state index contributed by atoms with van der Waals surface area (Å²) in [4.78, 5) is 4.93. The highest BCUT2D eigenvalue weighted by atomic mass is 16.5. The lowest BCUT2D eigenvalue weighted by atomic mass is 9.96. The van der Waals surface area contributed by atoms with Crippen molar-refractivity contribution >= 4 is 0 Å². The molecule has 2 atom stereocenters. The molecule has 1 N–H and O–H groups in total. The molecule has 1 aliphatic rings. The van der Waals surface area contributed by atoms with Crippen molar-refractivity contribution in [3.8, 4) is 5.75 Å². The van der Waals surface area contributed by atoms with Gasteiger partial charge in [0, 0.05) is 18.2 Å². The standard InChI is InChI=1S/C17H29N3O/c1-5-18-17(14-9-6-7-10-16(14)21-4)15-13-19(2)11-8-12-20(15)3/h6-7,9-10,15,17-18H,5,8,11-13H2,1-4H3. The van der Waals surface area contributed by atoms with Crippen molar-refractivity contribution in [3.63, 3.8) is 0 Å². The molecule has 0 spiro atoms. The summed E-state index contributed by atoms with van der Waals surface area (Å²) in [6.07, 6.45) is 1.23. The number of rotatable bonds is 5. The highest BCUT2D eigenvalue weighted by molar-refractivity contribution is 5.37. The number of likely N-dealkylation sites (N-methyl/N-ethyl adjacent to an activating group) is 3. The summed E-state index contributed by atoms with van der Waals surface area (Å²) in [5.74, 6) is 0.976. The van der Waals surface area contributed by atoms with Gasteiger partial charge in [-0.15, -0.1) is 0 Å². The number of nitrogens with one attached hydrogen (secondary N) is 1. The number of nitrogens with zero attached hydrogens (tertiary/aromatic N) is 2. The zero-order valence-electron chi connectivity index (χ0n) is 13.8. The number of para-hydroxylation sites is 1. The molecule has 1 aromatic carbocycles. The van der Waals surface area contributed by atoms with Crippen molar-refractivity contribution in [1.82, 2.24) is 15.1 Å². The van der Waals surface area contributed by atoms with Crippen molar-refractivity contribution in [2.24, 2.45) is 0 Å². The Morgan fingerprint density at radius 2 is 2.05 bits per heavy atom. The van der Waals surface area contributed by atoms with Gasteiger partial charge in [0.25, 0.3) is 0 Å². The van der Waals surface area contributed by atoms with Crippen LogP contribution in [0.25, 0.3) is 0 Å². The van der Waals surface area contributed by atoms with Crippen LogP contribution >= 0.6 is 0 Å². The first-order chi connectivity index (χ1) is 10.2. The maximum Gasteiger partial charge on any atom is 0.123 e. The molecule has 118 valence electrons. The Labute approximate surface area is 129 Å². The first kappa shape index (κ1) is 16.3. The number of hydrogen-bond donors (Lipinski definition) is 1. The molecule has 0 amide bonds. The van der Waals surface area contributed by atoms with Gasteiger partial charge in [0.1, 0.15) is 5.75 Å². The molecule has 4 heteroatoms. The molecule has 1 saturated heterocycles. The fraction of sp³-hybridized carbons (Fsp3) is 0.647. The molecule has 2 unspecified atom stereocenters. The van der Waals surface area contributed by atoms with Crippen LogP contribution in [-0.2, 0) is 0 Å². The largest absolute Gasteiger partial charge is 0.496 e. The van der Waals surface area contributed by atoms with E-state index in [2.05, 4.69) is 54.3 Å². The van der Waals surface area contributed by atoms with Crippen molar-refractivity contribution in [3.05, 3.63) is 29.8 Å². The fourth-order valence-corrected chi connectivity index (χ4v) is 3.26. The van der Waals surface area contributed by atoms with E-state index in [0.717, 1.165) is 25.4 Å². The smallest absolute Gasteiger partial charge is 0.123 e. The lowest BCUT2D eigenvalue weighted by molar-refractivity contribution is 0.177. The summed E-state index contributed by atoms with van der Waals surface area (Å²) < 4.78 is 5.58. The van der Waals surface area contributed by atoms with E-state index in [1.807, 2.05) is 6.07 Å². The van der Waals surface area contributed by atoms with Gasteiger partial charge >= 0.3 is 0 Å². The number of hydrogen-bond acceptors (Lipinski definition) is 4. The maximum absolute atomic E-state index is 5.58. The average molecular weight is 291 g/mol.